The van der Waals surface area contributed by atoms with Gasteiger partial charge in [-0.3, -0.25) is 33.7 Å². The molecule has 0 unspecified atom stereocenters. The number of nitrogens with one attached hydrogen (secondary N) is 4. The van der Waals surface area contributed by atoms with E-state index in [-0.39, 0.29) is 68.7 Å². The number of rotatable bonds is 16. The molecule has 0 spiro atoms. The van der Waals surface area contributed by atoms with Gasteiger partial charge < -0.3 is 39.8 Å². The molecule has 19 heteroatoms. The Labute approximate surface area is 399 Å². The van der Waals surface area contributed by atoms with Crippen LogP contribution >= 0.6 is 15.9 Å². The number of amides is 7. The molecule has 0 radical (unpaired) electrons. The summed E-state index contributed by atoms with van der Waals surface area (Å²) in [7, 11) is 2.02. The highest BCUT2D eigenvalue weighted by Crippen LogP contribution is 2.46. The number of carbonyl (C=O) groups is 7. The number of anilines is 2. The van der Waals surface area contributed by atoms with Gasteiger partial charge in [-0.05, 0) is 66.9 Å². The lowest BCUT2D eigenvalue weighted by Crippen LogP contribution is -2.48. The first-order chi connectivity index (χ1) is 32.9. The highest BCUT2D eigenvalue weighted by atomic mass is 79.9. The minimum Gasteiger partial charge on any atom is -0.409 e. The summed E-state index contributed by atoms with van der Waals surface area (Å²) >= 11 is 3.68. The molecule has 4 N–H and O–H groups in total. The number of imide groups is 1. The van der Waals surface area contributed by atoms with E-state index in [4.69, 9.17) is 9.47 Å². The molecule has 8 rings (SSSR count). The molecule has 1 aromatic heterocycles. The zero-order chi connectivity index (χ0) is 47.9. The largest absolute Gasteiger partial charge is 0.415 e. The van der Waals surface area contributed by atoms with Crippen molar-refractivity contribution in [2.75, 3.05) is 81.6 Å². The summed E-state index contributed by atoms with van der Waals surface area (Å²) in [5.41, 5.74) is 7.41. The van der Waals surface area contributed by atoms with Crippen LogP contribution in [-0.2, 0) is 23.9 Å². The Kier molecular flexibility index (Phi) is 14.7. The summed E-state index contributed by atoms with van der Waals surface area (Å²) in [4.78, 5) is 98.4. The Morgan fingerprint density at radius 2 is 1.56 bits per heavy atom. The Balaban J connectivity index is 0.833. The summed E-state index contributed by atoms with van der Waals surface area (Å²) in [6.07, 6.45) is 1.92. The summed E-state index contributed by atoms with van der Waals surface area (Å²) in [6, 6.07) is 23.5. The standard InChI is InChI=1S/C49H50BrN9O9/c1-30(54-55-43(61)16-23-67-24-17-51-42(60)15-18-58-44(62)13-14-45(58)63)31-7-9-32(10-8-31)47(64)52-35-11-12-38-33(25-35)26-39(53-38)48(65)59-29-34(28-50)46-37-6-4-3-5-36(37)41(27-40(46)59)68-49(66)57-21-19-56(2)20-22-57/h3-14,25-27,34,53H,15-24,28-29H2,1-2H3,(H,51,60)(H,52,64)(H,55,61)/b54-30+/t34-/m1/s1. The normalized spacial score (nSPS) is 16.1. The molecule has 4 heterocycles. The van der Waals surface area contributed by atoms with Gasteiger partial charge in [0, 0.05) is 109 Å². The number of aromatic amines is 1. The highest BCUT2D eigenvalue weighted by molar-refractivity contribution is 9.09. The third-order valence-corrected chi connectivity index (χ3v) is 12.8. The number of alkyl halides is 1. The molecule has 18 nitrogen and oxygen atoms in total. The smallest absolute Gasteiger partial charge is 0.409 e. The number of ether oxygens (including phenoxy) is 2. The van der Waals surface area contributed by atoms with Crippen molar-refractivity contribution in [1.29, 1.82) is 0 Å². The first kappa shape index (κ1) is 47.3. The molecule has 0 saturated carbocycles. The maximum atomic E-state index is 14.4. The molecule has 4 aromatic carbocycles. The fraction of sp³-hybridized carbons (Fsp3) is 0.306. The number of likely N-dealkylation sites (N-methyl/N-ethyl adjacent to an activating group) is 1. The number of hydrazone groups is 1. The number of H-pyrrole nitrogens is 1. The number of benzene rings is 4. The van der Waals surface area contributed by atoms with Crippen LogP contribution in [0.5, 0.6) is 5.75 Å². The number of fused-ring (bicyclic) bond motifs is 4. The average Bonchev–Trinajstić information content (AvgIpc) is 4.05. The Bertz CT molecular complexity index is 2840. The van der Waals surface area contributed by atoms with Crippen molar-refractivity contribution in [3.05, 3.63) is 113 Å². The molecule has 7 amide bonds. The van der Waals surface area contributed by atoms with Gasteiger partial charge in [0.25, 0.3) is 23.6 Å². The van der Waals surface area contributed by atoms with E-state index in [9.17, 15) is 33.6 Å². The van der Waals surface area contributed by atoms with Gasteiger partial charge in [0.15, 0.2) is 0 Å². The van der Waals surface area contributed by atoms with E-state index in [0.717, 1.165) is 51.9 Å². The molecular formula is C49H50BrN9O9. The van der Waals surface area contributed by atoms with E-state index in [1.807, 2.05) is 37.4 Å². The van der Waals surface area contributed by atoms with Gasteiger partial charge in [0.2, 0.25) is 11.8 Å². The van der Waals surface area contributed by atoms with Crippen LogP contribution in [0.2, 0.25) is 0 Å². The Morgan fingerprint density at radius 1 is 0.838 bits per heavy atom. The quantitative estimate of drug-likeness (QED) is 0.0336. The lowest BCUT2D eigenvalue weighted by atomic mass is 9.95. The predicted octanol–water partition coefficient (Wildman–Crippen LogP) is 5.14. The van der Waals surface area contributed by atoms with E-state index in [1.54, 1.807) is 65.3 Å². The molecule has 1 atom stereocenters. The lowest BCUT2D eigenvalue weighted by Gasteiger charge is -2.31. The first-order valence-electron chi connectivity index (χ1n) is 22.2. The number of piperazine rings is 1. The van der Waals surface area contributed by atoms with Gasteiger partial charge in [-0.1, -0.05) is 52.3 Å². The third kappa shape index (κ3) is 10.8. The molecule has 3 aliphatic rings. The molecule has 352 valence electrons. The SMILES string of the molecule is C/C(=N\NC(=O)CCOCCNC(=O)CCN1C(=O)C=CC1=O)c1ccc(C(=O)Nc2ccc3[nH]c(C(=O)N4C[C@@H](CBr)c5c4cc(OC(=O)N4CCN(C)CC4)c4ccccc54)cc3c2)cc1. The number of carbonyl (C=O) groups excluding carboxylic acids is 7. The van der Waals surface area contributed by atoms with Crippen LogP contribution < -0.4 is 25.7 Å². The van der Waals surface area contributed by atoms with Gasteiger partial charge in [0.1, 0.15) is 11.4 Å². The molecule has 1 fully saturated rings. The topological polar surface area (TPSA) is 215 Å². The van der Waals surface area contributed by atoms with E-state index in [1.165, 1.54) is 0 Å². The van der Waals surface area contributed by atoms with Crippen LogP contribution in [0.1, 0.15) is 57.7 Å². The Morgan fingerprint density at radius 3 is 2.29 bits per heavy atom. The summed E-state index contributed by atoms with van der Waals surface area (Å²) < 4.78 is 11.5. The Hall–Kier alpha value is -7.22. The van der Waals surface area contributed by atoms with Crippen LogP contribution in [0.15, 0.2) is 96.1 Å². The van der Waals surface area contributed by atoms with E-state index < -0.39 is 17.9 Å². The molecule has 3 aliphatic heterocycles. The maximum Gasteiger partial charge on any atom is 0.415 e. The van der Waals surface area contributed by atoms with Crippen LogP contribution in [0.4, 0.5) is 16.2 Å². The van der Waals surface area contributed by atoms with Crippen molar-refractivity contribution in [2.24, 2.45) is 5.10 Å². The minimum absolute atomic E-state index is 0.00181. The fourth-order valence-corrected chi connectivity index (χ4v) is 8.78. The summed E-state index contributed by atoms with van der Waals surface area (Å²) in [5, 5.41) is 12.8. The monoisotopic (exact) mass is 987 g/mol. The molecule has 1 saturated heterocycles. The van der Waals surface area contributed by atoms with Crippen molar-refractivity contribution in [3.8, 4) is 5.75 Å². The summed E-state index contributed by atoms with van der Waals surface area (Å²) in [6.45, 7) is 5.27. The number of nitrogens with zero attached hydrogens (tertiary/aromatic N) is 5. The number of aromatic nitrogens is 1. The second kappa shape index (κ2) is 21.2. The second-order valence-corrected chi connectivity index (χ2v) is 17.3. The number of halogens is 1. The van der Waals surface area contributed by atoms with E-state index in [2.05, 4.69) is 47.0 Å². The van der Waals surface area contributed by atoms with Crippen molar-refractivity contribution in [3.63, 3.8) is 0 Å². The van der Waals surface area contributed by atoms with Gasteiger partial charge in [-0.15, -0.1) is 0 Å². The van der Waals surface area contributed by atoms with Gasteiger partial charge >= 0.3 is 6.09 Å². The van der Waals surface area contributed by atoms with E-state index >= 15 is 0 Å². The van der Waals surface area contributed by atoms with Gasteiger partial charge in [0.05, 0.1) is 31.0 Å². The average molecular weight is 989 g/mol. The zero-order valence-corrected chi connectivity index (χ0v) is 39.1. The van der Waals surface area contributed by atoms with Crippen molar-refractivity contribution in [2.45, 2.75) is 25.7 Å². The maximum absolute atomic E-state index is 14.4. The fourth-order valence-electron chi connectivity index (χ4n) is 8.25. The van der Waals surface area contributed by atoms with Crippen molar-refractivity contribution in [1.82, 2.24) is 30.4 Å². The van der Waals surface area contributed by atoms with Crippen molar-refractivity contribution >= 4 is 96.2 Å². The highest BCUT2D eigenvalue weighted by Gasteiger charge is 2.36. The summed E-state index contributed by atoms with van der Waals surface area (Å²) in [5.74, 6) is -1.77. The number of hydrogen-bond acceptors (Lipinski definition) is 11. The molecule has 68 heavy (non-hydrogen) atoms. The number of hydrogen-bond donors (Lipinski definition) is 4. The van der Waals surface area contributed by atoms with Crippen LogP contribution in [0.25, 0.3) is 21.7 Å². The van der Waals surface area contributed by atoms with Crippen LogP contribution in [-0.4, -0.2) is 138 Å². The molecule has 0 aliphatic carbocycles. The minimum atomic E-state index is -0.442. The van der Waals surface area contributed by atoms with Crippen LogP contribution in [0, 0.1) is 0 Å². The third-order valence-electron chi connectivity index (χ3n) is 12.0. The predicted molar refractivity (Wildman–Crippen MR) is 259 cm³/mol. The van der Waals surface area contributed by atoms with Crippen molar-refractivity contribution < 1.29 is 43.0 Å². The van der Waals surface area contributed by atoms with Gasteiger partial charge in [-0.2, -0.15) is 5.10 Å². The van der Waals surface area contributed by atoms with Crippen LogP contribution in [0.3, 0.4) is 0 Å². The first-order valence-corrected chi connectivity index (χ1v) is 23.3. The second-order valence-electron chi connectivity index (χ2n) is 16.7. The zero-order valence-electron chi connectivity index (χ0n) is 37.5. The molecule has 5 aromatic rings. The molecular weight excluding hydrogens is 938 g/mol. The molecule has 0 bridgehead atoms. The van der Waals surface area contributed by atoms with E-state index in [0.29, 0.717) is 70.1 Å². The van der Waals surface area contributed by atoms with Gasteiger partial charge in [-0.25, -0.2) is 10.2 Å². The lowest BCUT2D eigenvalue weighted by molar-refractivity contribution is -0.137.